The fourth-order valence-electron chi connectivity index (χ4n) is 1.99. The van der Waals surface area contributed by atoms with Crippen molar-refractivity contribution in [1.82, 2.24) is 15.3 Å². The van der Waals surface area contributed by atoms with Gasteiger partial charge in [0.1, 0.15) is 0 Å². The first kappa shape index (κ1) is 7.80. The molecule has 3 heteroatoms. The number of imidazole rings is 1. The summed E-state index contributed by atoms with van der Waals surface area (Å²) in [5.74, 6) is 0.630. The Morgan fingerprint density at radius 2 is 2.67 bits per heavy atom. The Morgan fingerprint density at radius 1 is 1.75 bits per heavy atom. The monoisotopic (exact) mass is 165 g/mol. The molecule has 66 valence electrons. The molecule has 1 atom stereocenters. The summed E-state index contributed by atoms with van der Waals surface area (Å²) in [4.78, 5) is 7.57. The minimum absolute atomic E-state index is 0.630. The van der Waals surface area contributed by atoms with Crippen molar-refractivity contribution in [2.75, 3.05) is 13.6 Å². The maximum absolute atomic E-state index is 4.36. The third-order valence-corrected chi connectivity index (χ3v) is 2.57. The number of H-pyrrole nitrogens is 1. The second-order valence-corrected chi connectivity index (χ2v) is 3.41. The van der Waals surface area contributed by atoms with E-state index in [1.807, 2.05) is 13.4 Å². The molecule has 0 aliphatic heterocycles. The summed E-state index contributed by atoms with van der Waals surface area (Å²) in [6.07, 6.45) is 5.56. The van der Waals surface area contributed by atoms with E-state index in [-0.39, 0.29) is 0 Å². The predicted octanol–water partition coefficient (Wildman–Crippen LogP) is 1.05. The van der Waals surface area contributed by atoms with E-state index < -0.39 is 0 Å². The zero-order chi connectivity index (χ0) is 8.39. The van der Waals surface area contributed by atoms with Crippen molar-refractivity contribution in [2.24, 2.45) is 0 Å². The molecule has 0 bridgehead atoms. The number of hydrogen-bond acceptors (Lipinski definition) is 2. The zero-order valence-corrected chi connectivity index (χ0v) is 7.43. The predicted molar refractivity (Wildman–Crippen MR) is 48.2 cm³/mol. The molecule has 2 rings (SSSR count). The van der Waals surface area contributed by atoms with Crippen LogP contribution in [0.1, 0.15) is 30.1 Å². The normalized spacial score (nSPS) is 22.2. The van der Waals surface area contributed by atoms with Crippen LogP contribution in [-0.4, -0.2) is 23.6 Å². The zero-order valence-electron chi connectivity index (χ0n) is 7.43. The smallest absolute Gasteiger partial charge is 0.0925 e. The molecule has 1 unspecified atom stereocenters. The number of hydrogen-bond donors (Lipinski definition) is 2. The summed E-state index contributed by atoms with van der Waals surface area (Å²) >= 11 is 0. The van der Waals surface area contributed by atoms with E-state index >= 15 is 0 Å². The SMILES string of the molecule is CNCC1CCCc2[nH]cnc21. The van der Waals surface area contributed by atoms with Crippen molar-refractivity contribution in [1.29, 1.82) is 0 Å². The Labute approximate surface area is 72.6 Å². The standard InChI is InChI=1S/C9H15N3/c1-10-5-7-3-2-4-8-9(7)12-6-11-8/h6-7,10H,2-5H2,1H3,(H,11,12). The Morgan fingerprint density at radius 3 is 3.50 bits per heavy atom. The molecule has 2 N–H and O–H groups in total. The Kier molecular flexibility index (Phi) is 2.13. The Hall–Kier alpha value is -0.830. The molecule has 1 aromatic heterocycles. The number of rotatable bonds is 2. The number of aromatic amines is 1. The van der Waals surface area contributed by atoms with Crippen LogP contribution in [-0.2, 0) is 6.42 Å². The van der Waals surface area contributed by atoms with Crippen LogP contribution in [0.25, 0.3) is 0 Å². The highest BCUT2D eigenvalue weighted by Gasteiger charge is 2.21. The van der Waals surface area contributed by atoms with Crippen molar-refractivity contribution in [3.05, 3.63) is 17.7 Å². The molecule has 0 fully saturated rings. The molecule has 1 aliphatic rings. The fraction of sp³-hybridized carbons (Fsp3) is 0.667. The third-order valence-electron chi connectivity index (χ3n) is 2.57. The van der Waals surface area contributed by atoms with E-state index in [0.29, 0.717) is 5.92 Å². The molecule has 0 radical (unpaired) electrons. The van der Waals surface area contributed by atoms with Crippen LogP contribution in [0.4, 0.5) is 0 Å². The Bertz CT molecular complexity index is 254. The van der Waals surface area contributed by atoms with E-state index in [0.717, 1.165) is 6.54 Å². The van der Waals surface area contributed by atoms with Crippen LogP contribution >= 0.6 is 0 Å². The molecule has 1 aliphatic carbocycles. The highest BCUT2D eigenvalue weighted by Crippen LogP contribution is 2.27. The molecule has 0 spiro atoms. The summed E-state index contributed by atoms with van der Waals surface area (Å²) in [6, 6.07) is 0. The van der Waals surface area contributed by atoms with Gasteiger partial charge >= 0.3 is 0 Å². The third kappa shape index (κ3) is 1.25. The summed E-state index contributed by atoms with van der Waals surface area (Å²) < 4.78 is 0. The number of nitrogens with zero attached hydrogens (tertiary/aromatic N) is 1. The first-order valence-electron chi connectivity index (χ1n) is 4.58. The molecule has 0 aromatic carbocycles. The van der Waals surface area contributed by atoms with Crippen LogP contribution in [0.5, 0.6) is 0 Å². The topological polar surface area (TPSA) is 40.7 Å². The van der Waals surface area contributed by atoms with E-state index in [1.165, 1.54) is 30.7 Å². The summed E-state index contributed by atoms with van der Waals surface area (Å²) in [6.45, 7) is 1.05. The maximum Gasteiger partial charge on any atom is 0.0925 e. The van der Waals surface area contributed by atoms with Crippen LogP contribution < -0.4 is 5.32 Å². The molecule has 0 amide bonds. The average molecular weight is 165 g/mol. The number of aromatic nitrogens is 2. The van der Waals surface area contributed by atoms with Gasteiger partial charge in [0.2, 0.25) is 0 Å². The quantitative estimate of drug-likeness (QED) is 0.687. The Balaban J connectivity index is 2.19. The first-order chi connectivity index (χ1) is 5.92. The van der Waals surface area contributed by atoms with E-state index in [2.05, 4.69) is 15.3 Å². The van der Waals surface area contributed by atoms with Crippen molar-refractivity contribution < 1.29 is 0 Å². The van der Waals surface area contributed by atoms with Gasteiger partial charge in [0.15, 0.2) is 0 Å². The fourth-order valence-corrected chi connectivity index (χ4v) is 1.99. The van der Waals surface area contributed by atoms with Gasteiger partial charge in [-0.25, -0.2) is 4.98 Å². The van der Waals surface area contributed by atoms with Gasteiger partial charge in [0, 0.05) is 18.2 Å². The highest BCUT2D eigenvalue weighted by molar-refractivity contribution is 5.19. The number of likely N-dealkylation sites (N-methyl/N-ethyl adjacent to an activating group) is 1. The van der Waals surface area contributed by atoms with Crippen LogP contribution in [0, 0.1) is 0 Å². The van der Waals surface area contributed by atoms with Crippen molar-refractivity contribution in [3.8, 4) is 0 Å². The van der Waals surface area contributed by atoms with Gasteiger partial charge in [0.25, 0.3) is 0 Å². The van der Waals surface area contributed by atoms with Crippen LogP contribution in [0.15, 0.2) is 6.33 Å². The average Bonchev–Trinajstić information content (AvgIpc) is 2.53. The minimum Gasteiger partial charge on any atom is -0.348 e. The van der Waals surface area contributed by atoms with E-state index in [1.54, 1.807) is 0 Å². The number of nitrogens with one attached hydrogen (secondary N) is 2. The van der Waals surface area contributed by atoms with Crippen LogP contribution in [0.2, 0.25) is 0 Å². The van der Waals surface area contributed by atoms with E-state index in [9.17, 15) is 0 Å². The van der Waals surface area contributed by atoms with Gasteiger partial charge in [-0.2, -0.15) is 0 Å². The minimum atomic E-state index is 0.630. The van der Waals surface area contributed by atoms with Gasteiger partial charge in [0.05, 0.1) is 12.0 Å². The largest absolute Gasteiger partial charge is 0.348 e. The maximum atomic E-state index is 4.36. The van der Waals surface area contributed by atoms with Gasteiger partial charge in [-0.1, -0.05) is 0 Å². The van der Waals surface area contributed by atoms with Crippen LogP contribution in [0.3, 0.4) is 0 Å². The lowest BCUT2D eigenvalue weighted by Crippen LogP contribution is -2.21. The molecular formula is C9H15N3. The lowest BCUT2D eigenvalue weighted by atomic mass is 9.90. The van der Waals surface area contributed by atoms with Gasteiger partial charge in [-0.05, 0) is 26.3 Å². The van der Waals surface area contributed by atoms with Crippen molar-refractivity contribution in [2.45, 2.75) is 25.2 Å². The molecule has 0 saturated carbocycles. The van der Waals surface area contributed by atoms with Gasteiger partial charge < -0.3 is 10.3 Å². The molecule has 0 saturated heterocycles. The molecule has 1 aromatic rings. The number of fused-ring (bicyclic) bond motifs is 1. The molecular weight excluding hydrogens is 150 g/mol. The molecule has 3 nitrogen and oxygen atoms in total. The number of aryl methyl sites for hydroxylation is 1. The van der Waals surface area contributed by atoms with Crippen molar-refractivity contribution >= 4 is 0 Å². The molecule has 12 heavy (non-hydrogen) atoms. The first-order valence-corrected chi connectivity index (χ1v) is 4.58. The van der Waals surface area contributed by atoms with Gasteiger partial charge in [-0.3, -0.25) is 0 Å². The lowest BCUT2D eigenvalue weighted by molar-refractivity contribution is 0.516. The molecule has 1 heterocycles. The van der Waals surface area contributed by atoms with E-state index in [4.69, 9.17) is 0 Å². The second-order valence-electron chi connectivity index (χ2n) is 3.41. The lowest BCUT2D eigenvalue weighted by Gasteiger charge is -2.20. The summed E-state index contributed by atoms with van der Waals surface area (Å²) in [5, 5.41) is 3.21. The van der Waals surface area contributed by atoms with Gasteiger partial charge in [-0.15, -0.1) is 0 Å². The highest BCUT2D eigenvalue weighted by atomic mass is 14.9. The second kappa shape index (κ2) is 3.27. The van der Waals surface area contributed by atoms with Crippen molar-refractivity contribution in [3.63, 3.8) is 0 Å². The summed E-state index contributed by atoms with van der Waals surface area (Å²) in [7, 11) is 2.00. The summed E-state index contributed by atoms with van der Waals surface area (Å²) in [5.41, 5.74) is 2.64.